The second kappa shape index (κ2) is 8.55. The molecule has 1 atom stereocenters. The van der Waals surface area contributed by atoms with Crippen molar-refractivity contribution >= 4 is 17.3 Å². The Hall–Kier alpha value is -1.59. The van der Waals surface area contributed by atoms with Crippen LogP contribution in [0.2, 0.25) is 0 Å². The lowest BCUT2D eigenvalue weighted by Crippen LogP contribution is -2.20. The highest BCUT2D eigenvalue weighted by molar-refractivity contribution is 5.92. The van der Waals surface area contributed by atoms with E-state index in [1.807, 2.05) is 39.0 Å². The van der Waals surface area contributed by atoms with Crippen LogP contribution >= 0.6 is 0 Å². The van der Waals surface area contributed by atoms with E-state index >= 15 is 0 Å². The topological polar surface area (TPSA) is 73.6 Å². The Morgan fingerprint density at radius 2 is 2.20 bits per heavy atom. The minimum atomic E-state index is -0.0812. The molecule has 5 nitrogen and oxygen atoms in total. The Bertz CT molecular complexity index is 435. The lowest BCUT2D eigenvalue weighted by atomic mass is 10.1. The third-order valence-electron chi connectivity index (χ3n) is 2.94. The van der Waals surface area contributed by atoms with Crippen LogP contribution in [0.15, 0.2) is 18.2 Å². The van der Waals surface area contributed by atoms with Gasteiger partial charge in [0.2, 0.25) is 5.91 Å². The number of carbonyl (C=O) groups excluding carboxylic acids is 1. The molecule has 0 bridgehead atoms. The summed E-state index contributed by atoms with van der Waals surface area (Å²) >= 11 is 0. The average Bonchev–Trinajstić information content (AvgIpc) is 2.41. The van der Waals surface area contributed by atoms with Crippen LogP contribution in [-0.2, 0) is 14.3 Å². The number of hydrogen-bond acceptors (Lipinski definition) is 4. The summed E-state index contributed by atoms with van der Waals surface area (Å²) in [4.78, 5) is 11.8. The van der Waals surface area contributed by atoms with E-state index < -0.39 is 0 Å². The summed E-state index contributed by atoms with van der Waals surface area (Å²) in [5.41, 5.74) is 8.09. The van der Waals surface area contributed by atoms with Crippen LogP contribution < -0.4 is 11.1 Å². The number of rotatable bonds is 8. The largest absolute Gasteiger partial charge is 0.398 e. The van der Waals surface area contributed by atoms with Gasteiger partial charge >= 0.3 is 0 Å². The van der Waals surface area contributed by atoms with Gasteiger partial charge in [-0.3, -0.25) is 4.79 Å². The van der Waals surface area contributed by atoms with E-state index in [0.717, 1.165) is 11.3 Å². The first kappa shape index (κ1) is 16.5. The molecule has 112 valence electrons. The predicted octanol–water partition coefficient (Wildman–Crippen LogP) is 2.35. The first-order valence-corrected chi connectivity index (χ1v) is 6.88. The van der Waals surface area contributed by atoms with E-state index in [9.17, 15) is 4.79 Å². The molecule has 20 heavy (non-hydrogen) atoms. The molecule has 1 aromatic rings. The van der Waals surface area contributed by atoms with Crippen LogP contribution in [0.5, 0.6) is 0 Å². The van der Waals surface area contributed by atoms with Crippen molar-refractivity contribution in [1.29, 1.82) is 0 Å². The maximum Gasteiger partial charge on any atom is 0.226 e. The Balaban J connectivity index is 2.32. The number of nitrogen functional groups attached to an aromatic ring is 1. The number of nitrogens with one attached hydrogen (secondary N) is 1. The first-order chi connectivity index (χ1) is 9.54. The van der Waals surface area contributed by atoms with E-state index in [1.54, 1.807) is 0 Å². The number of nitrogens with two attached hydrogens (primary N) is 1. The van der Waals surface area contributed by atoms with Crippen LogP contribution in [-0.4, -0.2) is 31.8 Å². The van der Waals surface area contributed by atoms with Gasteiger partial charge in [-0.05, 0) is 38.5 Å². The Labute approximate surface area is 120 Å². The van der Waals surface area contributed by atoms with Crippen molar-refractivity contribution in [1.82, 2.24) is 0 Å². The van der Waals surface area contributed by atoms with E-state index in [4.69, 9.17) is 15.2 Å². The Morgan fingerprint density at radius 1 is 1.45 bits per heavy atom. The minimum absolute atomic E-state index is 0.00291. The van der Waals surface area contributed by atoms with Crippen molar-refractivity contribution in [2.45, 2.75) is 33.3 Å². The monoisotopic (exact) mass is 280 g/mol. The molecule has 3 N–H and O–H groups in total. The van der Waals surface area contributed by atoms with Crippen LogP contribution in [0.4, 0.5) is 11.4 Å². The van der Waals surface area contributed by atoms with Gasteiger partial charge in [0.1, 0.15) is 0 Å². The van der Waals surface area contributed by atoms with Crippen molar-refractivity contribution in [2.75, 3.05) is 30.9 Å². The van der Waals surface area contributed by atoms with Crippen LogP contribution in [0.3, 0.4) is 0 Å². The normalized spacial score (nSPS) is 12.2. The SMILES string of the molecule is CCOCC(C)OCCC(=O)Nc1cccc(N)c1C. The molecule has 0 spiro atoms. The molecule has 0 heterocycles. The highest BCUT2D eigenvalue weighted by Crippen LogP contribution is 2.20. The van der Waals surface area contributed by atoms with Crippen molar-refractivity contribution in [3.05, 3.63) is 23.8 Å². The standard InChI is InChI=1S/C15H24N2O3/c1-4-19-10-11(2)20-9-8-15(18)17-14-7-5-6-13(16)12(14)3/h5-7,11H,4,8-10,16H2,1-3H3,(H,17,18). The summed E-state index contributed by atoms with van der Waals surface area (Å²) in [6.07, 6.45) is 0.307. The van der Waals surface area contributed by atoms with E-state index in [1.165, 1.54) is 0 Å². The van der Waals surface area contributed by atoms with Gasteiger partial charge in [0.15, 0.2) is 0 Å². The summed E-state index contributed by atoms with van der Waals surface area (Å²) in [7, 11) is 0. The average molecular weight is 280 g/mol. The van der Waals surface area contributed by atoms with Gasteiger partial charge in [-0.15, -0.1) is 0 Å². The van der Waals surface area contributed by atoms with Crippen LogP contribution in [0, 0.1) is 6.92 Å². The highest BCUT2D eigenvalue weighted by Gasteiger charge is 2.08. The van der Waals surface area contributed by atoms with Gasteiger partial charge in [0, 0.05) is 18.0 Å². The summed E-state index contributed by atoms with van der Waals surface area (Å²) < 4.78 is 10.7. The lowest BCUT2D eigenvalue weighted by molar-refractivity contribution is -0.118. The fourth-order valence-electron chi connectivity index (χ4n) is 1.69. The van der Waals surface area contributed by atoms with Crippen molar-refractivity contribution in [3.63, 3.8) is 0 Å². The number of benzene rings is 1. The number of amides is 1. The fourth-order valence-corrected chi connectivity index (χ4v) is 1.69. The highest BCUT2D eigenvalue weighted by atomic mass is 16.5. The molecule has 1 unspecified atom stereocenters. The number of ether oxygens (including phenoxy) is 2. The van der Waals surface area contributed by atoms with E-state index in [-0.39, 0.29) is 12.0 Å². The minimum Gasteiger partial charge on any atom is -0.398 e. The van der Waals surface area contributed by atoms with Gasteiger partial charge in [-0.25, -0.2) is 0 Å². The number of anilines is 2. The quantitative estimate of drug-likeness (QED) is 0.717. The van der Waals surface area contributed by atoms with Gasteiger partial charge < -0.3 is 20.5 Å². The van der Waals surface area contributed by atoms with Gasteiger partial charge in [-0.2, -0.15) is 0 Å². The second-order valence-electron chi connectivity index (χ2n) is 4.66. The third kappa shape index (κ3) is 5.59. The van der Waals surface area contributed by atoms with Crippen LogP contribution in [0.25, 0.3) is 0 Å². The van der Waals surface area contributed by atoms with Gasteiger partial charge in [0.05, 0.1) is 25.7 Å². The molecule has 0 radical (unpaired) electrons. The molecule has 5 heteroatoms. The summed E-state index contributed by atoms with van der Waals surface area (Å²) in [6, 6.07) is 5.46. The van der Waals surface area contributed by atoms with Gasteiger partial charge in [-0.1, -0.05) is 6.07 Å². The van der Waals surface area contributed by atoms with Crippen molar-refractivity contribution < 1.29 is 14.3 Å². The molecule has 1 rings (SSSR count). The van der Waals surface area contributed by atoms with Crippen molar-refractivity contribution in [3.8, 4) is 0 Å². The molecule has 1 amide bonds. The zero-order valence-corrected chi connectivity index (χ0v) is 12.4. The predicted molar refractivity (Wildman–Crippen MR) is 80.7 cm³/mol. The lowest BCUT2D eigenvalue weighted by Gasteiger charge is -2.13. The summed E-state index contributed by atoms with van der Waals surface area (Å²) in [5.74, 6) is -0.0812. The summed E-state index contributed by atoms with van der Waals surface area (Å²) in [5, 5.41) is 2.84. The molecular weight excluding hydrogens is 256 g/mol. The molecule has 0 saturated heterocycles. The summed E-state index contributed by atoms with van der Waals surface area (Å²) in [6.45, 7) is 7.34. The zero-order chi connectivity index (χ0) is 15.0. The Morgan fingerprint density at radius 3 is 2.90 bits per heavy atom. The van der Waals surface area contributed by atoms with E-state index in [0.29, 0.717) is 31.9 Å². The number of hydrogen-bond donors (Lipinski definition) is 2. The molecule has 0 aliphatic carbocycles. The third-order valence-corrected chi connectivity index (χ3v) is 2.94. The second-order valence-corrected chi connectivity index (χ2v) is 4.66. The molecule has 0 aromatic heterocycles. The molecule has 1 aromatic carbocycles. The molecule has 0 fully saturated rings. The zero-order valence-electron chi connectivity index (χ0n) is 12.4. The molecule has 0 aliphatic heterocycles. The number of carbonyl (C=O) groups is 1. The smallest absolute Gasteiger partial charge is 0.226 e. The maximum absolute atomic E-state index is 11.8. The molecule has 0 aliphatic rings. The van der Waals surface area contributed by atoms with Crippen LogP contribution in [0.1, 0.15) is 25.8 Å². The first-order valence-electron chi connectivity index (χ1n) is 6.88. The van der Waals surface area contributed by atoms with Gasteiger partial charge in [0.25, 0.3) is 0 Å². The van der Waals surface area contributed by atoms with Crippen molar-refractivity contribution in [2.24, 2.45) is 0 Å². The van der Waals surface area contributed by atoms with E-state index in [2.05, 4.69) is 5.32 Å². The maximum atomic E-state index is 11.8. The molecule has 0 saturated carbocycles. The fraction of sp³-hybridized carbons (Fsp3) is 0.533. The molecular formula is C15H24N2O3. The Kier molecular flexibility index (Phi) is 7.04.